The molecule has 0 aromatic rings. The second kappa shape index (κ2) is 40.5. The Morgan fingerprint density at radius 1 is 0.550 bits per heavy atom. The monoisotopic (exact) mass is 967 g/mol. The Bertz CT molecular complexity index is 1410. The van der Waals surface area contributed by atoms with Gasteiger partial charge in [0.2, 0.25) is 30.1 Å². The fourth-order valence-corrected chi connectivity index (χ4v) is 6.03. The van der Waals surface area contributed by atoms with Crippen molar-refractivity contribution in [3.05, 3.63) is 0 Å². The Labute approximate surface area is 371 Å². The number of alkyl halides is 3. The summed E-state index contributed by atoms with van der Waals surface area (Å²) in [4.78, 5) is 10.9. The molecule has 22 heteroatoms. The molecule has 0 aliphatic heterocycles. The zero-order valence-electron chi connectivity index (χ0n) is 36.4. The van der Waals surface area contributed by atoms with Gasteiger partial charge in [-0.15, -0.1) is 0 Å². The molecule has 15 nitrogen and oxygen atoms in total. The Hall–Kier alpha value is -1.30. The van der Waals surface area contributed by atoms with Crippen LogP contribution in [0.3, 0.4) is 0 Å². The van der Waals surface area contributed by atoms with Gasteiger partial charge in [-0.25, -0.2) is 56.9 Å². The molecule has 0 atom stereocenters. The Morgan fingerprint density at radius 3 is 1.17 bits per heavy atom. The molecule has 0 aromatic heterocycles. The number of hydrogen-bond donors (Lipinski definition) is 5. The van der Waals surface area contributed by atoms with Crippen LogP contribution in [0.5, 0.6) is 0 Å². The van der Waals surface area contributed by atoms with E-state index in [0.29, 0.717) is 43.3 Å². The lowest BCUT2D eigenvalue weighted by Crippen LogP contribution is -2.40. The van der Waals surface area contributed by atoms with Crippen LogP contribution in [0.4, 0.5) is 18.0 Å². The van der Waals surface area contributed by atoms with E-state index in [1.165, 1.54) is 9.03 Å². The highest BCUT2D eigenvalue weighted by atomic mass is 32.2. The first-order valence-electron chi connectivity index (χ1n) is 18.4. The van der Waals surface area contributed by atoms with Gasteiger partial charge in [0.1, 0.15) is 0 Å². The fourth-order valence-electron chi connectivity index (χ4n) is 2.66. The first-order chi connectivity index (χ1) is 24.4. The third-order valence-corrected chi connectivity index (χ3v) is 12.1. The van der Waals surface area contributed by atoms with E-state index < -0.39 is 45.6 Å². The van der Waals surface area contributed by atoms with Crippen LogP contribution in [0.15, 0.2) is 0 Å². The molecular formula is C38H97F3N6O9S4. The third-order valence-electron chi connectivity index (χ3n) is 5.94. The van der Waals surface area contributed by atoms with Crippen LogP contribution in [0.2, 0.25) is 0 Å². The van der Waals surface area contributed by atoms with Crippen LogP contribution in [0.25, 0.3) is 0 Å². The number of carbonyl (C=O) groups excluding carboxylic acids is 1. The minimum Gasteiger partial charge on any atom is -0.338 e. The summed E-state index contributed by atoms with van der Waals surface area (Å²) < 4.78 is 130. The van der Waals surface area contributed by atoms with Crippen molar-refractivity contribution in [2.45, 2.75) is 165 Å². The van der Waals surface area contributed by atoms with Gasteiger partial charge >= 0.3 is 21.6 Å². The van der Waals surface area contributed by atoms with Crippen LogP contribution < -0.4 is 24.8 Å². The summed E-state index contributed by atoms with van der Waals surface area (Å²) in [5.41, 5.74) is -5.21. The molecule has 0 radical (unpaired) electrons. The van der Waals surface area contributed by atoms with Gasteiger partial charge < -0.3 is 10.6 Å². The topological polar surface area (TPSA) is 217 Å². The molecule has 2 amide bonds. The number of halogens is 3. The second-order valence-electron chi connectivity index (χ2n) is 15.2. The van der Waals surface area contributed by atoms with E-state index >= 15 is 0 Å². The molecule has 0 heterocycles. The molecule has 0 aromatic carbocycles. The Morgan fingerprint density at radius 2 is 0.900 bits per heavy atom. The summed E-state index contributed by atoms with van der Waals surface area (Å²) in [5.74, 6) is 1.84. The van der Waals surface area contributed by atoms with Crippen molar-refractivity contribution in [3.8, 4) is 0 Å². The summed E-state index contributed by atoms with van der Waals surface area (Å²) >= 11 is 0. The van der Waals surface area contributed by atoms with E-state index in [4.69, 9.17) is 0 Å². The van der Waals surface area contributed by atoms with Crippen molar-refractivity contribution in [2.24, 2.45) is 29.6 Å². The number of nitrogens with one attached hydrogen (secondary N) is 5. The smallest absolute Gasteiger partial charge is 0.338 e. The van der Waals surface area contributed by atoms with Gasteiger partial charge in [-0.05, 0) is 71.1 Å². The van der Waals surface area contributed by atoms with Crippen LogP contribution in [0, 0.1) is 29.6 Å². The number of rotatable bonds is 18. The number of urea groups is 1. The van der Waals surface area contributed by atoms with Crippen LogP contribution in [-0.2, 0) is 40.1 Å². The molecule has 0 aliphatic carbocycles. The van der Waals surface area contributed by atoms with Crippen molar-refractivity contribution >= 4 is 46.1 Å². The maximum Gasteiger partial charge on any atom is 0.511 e. The number of nitrogens with zero attached hydrogens (tertiary/aromatic N) is 1. The highest BCUT2D eigenvalue weighted by molar-refractivity contribution is 7.90. The molecular weight excluding hydrogens is 870 g/mol. The Balaban J connectivity index is -0.0000000638. The van der Waals surface area contributed by atoms with E-state index in [9.17, 15) is 51.6 Å². The summed E-state index contributed by atoms with van der Waals surface area (Å²) in [6.45, 7) is 32.0. The predicted molar refractivity (Wildman–Crippen MR) is 254 cm³/mol. The number of hydrogen-bond acceptors (Lipinski definition) is 9. The van der Waals surface area contributed by atoms with E-state index in [1.807, 2.05) is 55.4 Å². The quantitative estimate of drug-likeness (QED) is 0.0896. The van der Waals surface area contributed by atoms with Crippen LogP contribution in [0.1, 0.15) is 148 Å². The maximum atomic E-state index is 11.6. The molecule has 0 saturated carbocycles. The van der Waals surface area contributed by atoms with Crippen molar-refractivity contribution in [1.82, 2.24) is 29.1 Å². The van der Waals surface area contributed by atoms with E-state index in [1.54, 1.807) is 48.6 Å². The maximum absolute atomic E-state index is 11.6. The fraction of sp³-hybridized carbons (Fsp3) is 0.974. The molecule has 0 bridgehead atoms. The van der Waals surface area contributed by atoms with Gasteiger partial charge in [0, 0.05) is 45.8 Å². The first-order valence-corrected chi connectivity index (χ1v) is 24.7. The second-order valence-corrected chi connectivity index (χ2v) is 23.7. The van der Waals surface area contributed by atoms with E-state index in [-0.39, 0.29) is 78.4 Å². The minimum absolute atomic E-state index is 0. The van der Waals surface area contributed by atoms with Gasteiger partial charge in [-0.2, -0.15) is 13.2 Å². The van der Waals surface area contributed by atoms with Crippen molar-refractivity contribution in [2.75, 3.05) is 51.3 Å². The number of carbonyl (C=O) groups is 1. The lowest BCUT2D eigenvalue weighted by molar-refractivity contribution is -0.0448. The summed E-state index contributed by atoms with van der Waals surface area (Å²) in [6, 6.07) is 0.135. The molecule has 0 fully saturated rings. The van der Waals surface area contributed by atoms with Crippen molar-refractivity contribution < 1.29 is 51.6 Å². The van der Waals surface area contributed by atoms with Gasteiger partial charge in [0.15, 0.2) is 0 Å². The van der Waals surface area contributed by atoms with Gasteiger partial charge in [0.25, 0.3) is 0 Å². The molecule has 0 aliphatic rings. The molecule has 0 unspecified atom stereocenters. The molecule has 0 saturated heterocycles. The van der Waals surface area contributed by atoms with Gasteiger partial charge in [0.05, 0.1) is 16.8 Å². The largest absolute Gasteiger partial charge is 0.511 e. The summed E-state index contributed by atoms with van der Waals surface area (Å²) in [7, 11) is -12.5. The minimum atomic E-state index is -5.21. The third kappa shape index (κ3) is 54.7. The van der Waals surface area contributed by atoms with E-state index in [2.05, 4.69) is 33.9 Å². The average Bonchev–Trinajstić information content (AvgIpc) is 3.01. The van der Waals surface area contributed by atoms with E-state index in [0.717, 1.165) is 6.54 Å². The molecule has 0 rings (SSSR count). The Kier molecular flexibility index (Phi) is 55.6. The SMILES string of the molecule is C.C.C.C.C.CC(C)CNC(=O)NC(C)C.CC(C)CNS(=O)(=O)C(C)C.CC(C)CNS(=O)(=O)C(F)(F)F.CCS(=O)(=O)N(C)CC(C)C.CCS(=O)(=O)NCC(C)C. The van der Waals surface area contributed by atoms with Gasteiger partial charge in [-0.3, -0.25) is 0 Å². The van der Waals surface area contributed by atoms with Crippen molar-refractivity contribution in [1.29, 1.82) is 0 Å². The van der Waals surface area contributed by atoms with Crippen LogP contribution in [-0.4, -0.2) is 112 Å². The lowest BCUT2D eigenvalue weighted by atomic mass is 10.2. The highest BCUT2D eigenvalue weighted by Gasteiger charge is 2.45. The zero-order valence-corrected chi connectivity index (χ0v) is 39.6. The van der Waals surface area contributed by atoms with Gasteiger partial charge in [-0.1, -0.05) is 106 Å². The normalized spacial score (nSPS) is 11.5. The molecule has 378 valence electrons. The van der Waals surface area contributed by atoms with Crippen LogP contribution >= 0.6 is 0 Å². The molecule has 60 heavy (non-hydrogen) atoms. The molecule has 0 spiro atoms. The summed E-state index contributed by atoms with van der Waals surface area (Å²) in [6.07, 6.45) is 0. The predicted octanol–water partition coefficient (Wildman–Crippen LogP) is 8.09. The molecule has 5 N–H and O–H groups in total. The standard InChI is InChI=1S/C8H18N2O.2C7H17NO2S.C6H15NO2S.C5H10F3NO2S.5CH4/c1-6(2)5-9-8(11)10-7(3)4;1-6(2)5-8-11(9,10)7(3)4;1-5-11(9,10)8(4)6-7(2)3;1-4-10(8,9)7-5-6(2)3;1-4(2)3-9-12(10,11)5(6,7)8;;;;;/h6-7H,5H2,1-4H3,(H2,9,10,11);6-8H,5H2,1-4H3;7H,5-6H2,1-4H3;6-7H,4-5H2,1-3H3;4,9H,3H2,1-2H3;5*1H4. The number of sulfonamides is 4. The zero-order chi connectivity index (χ0) is 45.2. The highest BCUT2D eigenvalue weighted by Crippen LogP contribution is 2.21. The average molecular weight is 967 g/mol. The summed E-state index contributed by atoms with van der Waals surface area (Å²) in [5, 5.41) is 5.18. The number of amides is 2. The van der Waals surface area contributed by atoms with Crippen molar-refractivity contribution in [3.63, 3.8) is 0 Å². The lowest BCUT2D eigenvalue weighted by Gasteiger charge is -2.17. The first kappa shape index (κ1) is 82.4.